The van der Waals surface area contributed by atoms with Crippen molar-refractivity contribution in [2.45, 2.75) is 39.7 Å². The summed E-state index contributed by atoms with van der Waals surface area (Å²) < 4.78 is 0. The van der Waals surface area contributed by atoms with Crippen molar-refractivity contribution >= 4 is 41.3 Å². The summed E-state index contributed by atoms with van der Waals surface area (Å²) in [5.74, 6) is 0.922. The van der Waals surface area contributed by atoms with Crippen LogP contribution in [0.3, 0.4) is 0 Å². The summed E-state index contributed by atoms with van der Waals surface area (Å²) in [4.78, 5) is 15.6. The Morgan fingerprint density at radius 2 is 1.81 bits per heavy atom. The van der Waals surface area contributed by atoms with Crippen LogP contribution >= 0.6 is 35.3 Å². The number of halogens is 1. The highest BCUT2D eigenvalue weighted by Gasteiger charge is 2.16. The number of nitrogens with zero attached hydrogens (tertiary/aromatic N) is 4. The van der Waals surface area contributed by atoms with Crippen LogP contribution in [0.1, 0.15) is 35.2 Å². The van der Waals surface area contributed by atoms with E-state index in [-0.39, 0.29) is 24.0 Å². The minimum Gasteiger partial charge on any atom is -0.357 e. The van der Waals surface area contributed by atoms with Crippen molar-refractivity contribution < 1.29 is 0 Å². The molecule has 2 aromatic rings. The van der Waals surface area contributed by atoms with Gasteiger partial charge in [-0.25, -0.2) is 4.98 Å². The fourth-order valence-electron chi connectivity index (χ4n) is 3.80. The van der Waals surface area contributed by atoms with E-state index >= 15 is 0 Å². The summed E-state index contributed by atoms with van der Waals surface area (Å²) in [6.45, 7) is 13.8. The molecular formula is C24H39IN6S. The van der Waals surface area contributed by atoms with E-state index in [0.717, 1.165) is 45.0 Å². The number of piperazine rings is 1. The molecule has 1 saturated heterocycles. The Balaban J connectivity index is 0.00000363. The molecule has 2 N–H and O–H groups in total. The molecule has 1 aromatic carbocycles. The van der Waals surface area contributed by atoms with Gasteiger partial charge in [0.05, 0.1) is 5.01 Å². The second kappa shape index (κ2) is 15.6. The van der Waals surface area contributed by atoms with Crippen molar-refractivity contribution in [3.8, 4) is 0 Å². The molecule has 0 atom stereocenters. The third kappa shape index (κ3) is 10.1. The molecule has 0 bridgehead atoms. The molecule has 1 aromatic heterocycles. The van der Waals surface area contributed by atoms with Gasteiger partial charge in [0, 0.05) is 69.9 Å². The Morgan fingerprint density at radius 1 is 1.06 bits per heavy atom. The third-order valence-electron chi connectivity index (χ3n) is 5.51. The van der Waals surface area contributed by atoms with E-state index in [4.69, 9.17) is 4.99 Å². The van der Waals surface area contributed by atoms with E-state index in [2.05, 4.69) is 69.6 Å². The first-order valence-electron chi connectivity index (χ1n) is 11.6. The highest BCUT2D eigenvalue weighted by molar-refractivity contribution is 14.0. The Labute approximate surface area is 214 Å². The SMILES string of the molecule is CCNC(=NCCCCN1CCN(Cc2ccccc2)CC1)NCCc1ncc(C)s1.I. The Hall–Kier alpha value is -1.23. The van der Waals surface area contributed by atoms with E-state index in [1.54, 1.807) is 11.3 Å². The van der Waals surface area contributed by atoms with Crippen LogP contribution in [0.15, 0.2) is 41.5 Å². The third-order valence-corrected chi connectivity index (χ3v) is 6.48. The van der Waals surface area contributed by atoms with Gasteiger partial charge >= 0.3 is 0 Å². The average molecular weight is 571 g/mol. The Bertz CT molecular complexity index is 774. The molecule has 0 saturated carbocycles. The standard InChI is InChI=1S/C24H38N6S.HI/c1-3-25-24(27-13-11-23-28-19-21(2)31-23)26-12-7-8-14-29-15-17-30(18-16-29)20-22-9-5-4-6-10-22;/h4-6,9-10,19H,3,7-8,11-18,20H2,1-2H3,(H2,25,26,27);1H. The predicted octanol–water partition coefficient (Wildman–Crippen LogP) is 3.77. The van der Waals surface area contributed by atoms with Gasteiger partial charge in [0.1, 0.15) is 0 Å². The number of aromatic nitrogens is 1. The van der Waals surface area contributed by atoms with Gasteiger partial charge in [0.25, 0.3) is 0 Å². The fraction of sp³-hybridized carbons (Fsp3) is 0.583. The number of benzene rings is 1. The van der Waals surface area contributed by atoms with Gasteiger partial charge < -0.3 is 15.5 Å². The first-order chi connectivity index (χ1) is 15.2. The zero-order valence-electron chi connectivity index (χ0n) is 19.6. The topological polar surface area (TPSA) is 55.8 Å². The summed E-state index contributed by atoms with van der Waals surface area (Å²) in [5, 5.41) is 7.96. The van der Waals surface area contributed by atoms with Crippen molar-refractivity contribution in [2.24, 2.45) is 4.99 Å². The molecule has 178 valence electrons. The van der Waals surface area contributed by atoms with E-state index in [1.165, 1.54) is 54.6 Å². The van der Waals surface area contributed by atoms with Crippen LogP contribution in [0.2, 0.25) is 0 Å². The smallest absolute Gasteiger partial charge is 0.191 e. The van der Waals surface area contributed by atoms with Crippen LogP contribution in [-0.4, -0.2) is 73.1 Å². The van der Waals surface area contributed by atoms with Crippen molar-refractivity contribution in [1.82, 2.24) is 25.4 Å². The zero-order valence-corrected chi connectivity index (χ0v) is 22.7. The number of aryl methyl sites for hydroxylation is 1. The van der Waals surface area contributed by atoms with Crippen LogP contribution in [-0.2, 0) is 13.0 Å². The number of unbranched alkanes of at least 4 members (excludes halogenated alkanes) is 1. The molecule has 0 radical (unpaired) electrons. The van der Waals surface area contributed by atoms with Crippen LogP contribution in [0.25, 0.3) is 0 Å². The van der Waals surface area contributed by atoms with Gasteiger partial charge in [0.15, 0.2) is 5.96 Å². The lowest BCUT2D eigenvalue weighted by atomic mass is 10.2. The van der Waals surface area contributed by atoms with E-state index in [0.29, 0.717) is 0 Å². The predicted molar refractivity (Wildman–Crippen MR) is 147 cm³/mol. The molecule has 1 fully saturated rings. The Morgan fingerprint density at radius 3 is 2.50 bits per heavy atom. The number of aliphatic imine (C=N–C) groups is 1. The van der Waals surface area contributed by atoms with Gasteiger partial charge in [-0.2, -0.15) is 0 Å². The van der Waals surface area contributed by atoms with Crippen LogP contribution in [0, 0.1) is 6.92 Å². The highest BCUT2D eigenvalue weighted by Crippen LogP contribution is 2.11. The van der Waals surface area contributed by atoms with Gasteiger partial charge in [-0.3, -0.25) is 9.89 Å². The van der Waals surface area contributed by atoms with E-state index in [9.17, 15) is 0 Å². The molecule has 0 spiro atoms. The maximum atomic E-state index is 4.74. The second-order valence-corrected chi connectivity index (χ2v) is 9.43. The molecule has 6 nitrogen and oxygen atoms in total. The first kappa shape index (κ1) is 27.0. The van der Waals surface area contributed by atoms with Gasteiger partial charge in [0.2, 0.25) is 0 Å². The molecule has 0 amide bonds. The minimum atomic E-state index is 0. The molecule has 8 heteroatoms. The number of thiazole rings is 1. The molecule has 0 aliphatic carbocycles. The van der Waals surface area contributed by atoms with Crippen molar-refractivity contribution in [3.05, 3.63) is 52.0 Å². The molecule has 32 heavy (non-hydrogen) atoms. The zero-order chi connectivity index (χ0) is 21.7. The molecule has 3 rings (SSSR count). The molecule has 1 aliphatic rings. The van der Waals surface area contributed by atoms with Crippen molar-refractivity contribution in [2.75, 3.05) is 52.4 Å². The highest BCUT2D eigenvalue weighted by atomic mass is 127. The van der Waals surface area contributed by atoms with Crippen LogP contribution < -0.4 is 10.6 Å². The van der Waals surface area contributed by atoms with E-state index in [1.807, 2.05) is 6.20 Å². The molecular weight excluding hydrogens is 531 g/mol. The Kier molecular flexibility index (Phi) is 13.2. The largest absolute Gasteiger partial charge is 0.357 e. The van der Waals surface area contributed by atoms with Crippen molar-refractivity contribution in [3.63, 3.8) is 0 Å². The van der Waals surface area contributed by atoms with Crippen LogP contribution in [0.4, 0.5) is 0 Å². The number of rotatable bonds is 11. The number of nitrogens with one attached hydrogen (secondary N) is 2. The molecule has 2 heterocycles. The van der Waals surface area contributed by atoms with Crippen molar-refractivity contribution in [1.29, 1.82) is 0 Å². The summed E-state index contributed by atoms with van der Waals surface area (Å²) in [7, 11) is 0. The summed E-state index contributed by atoms with van der Waals surface area (Å²) in [6, 6.07) is 10.8. The minimum absolute atomic E-state index is 0. The maximum absolute atomic E-state index is 4.74. The lowest BCUT2D eigenvalue weighted by molar-refractivity contribution is 0.126. The van der Waals surface area contributed by atoms with E-state index < -0.39 is 0 Å². The number of hydrogen-bond donors (Lipinski definition) is 2. The maximum Gasteiger partial charge on any atom is 0.191 e. The number of hydrogen-bond acceptors (Lipinski definition) is 5. The normalized spacial score (nSPS) is 15.4. The van der Waals surface area contributed by atoms with Crippen LogP contribution in [0.5, 0.6) is 0 Å². The quantitative estimate of drug-likeness (QED) is 0.187. The molecule has 0 unspecified atom stereocenters. The monoisotopic (exact) mass is 570 g/mol. The summed E-state index contributed by atoms with van der Waals surface area (Å²) in [5.41, 5.74) is 1.42. The average Bonchev–Trinajstić information content (AvgIpc) is 3.20. The lowest BCUT2D eigenvalue weighted by Gasteiger charge is -2.34. The fourth-order valence-corrected chi connectivity index (χ4v) is 4.58. The molecule has 1 aliphatic heterocycles. The summed E-state index contributed by atoms with van der Waals surface area (Å²) >= 11 is 1.77. The van der Waals surface area contributed by atoms with Gasteiger partial charge in [-0.1, -0.05) is 30.3 Å². The summed E-state index contributed by atoms with van der Waals surface area (Å²) in [6.07, 6.45) is 5.23. The number of guanidine groups is 1. The lowest BCUT2D eigenvalue weighted by Crippen LogP contribution is -2.46. The first-order valence-corrected chi connectivity index (χ1v) is 12.5. The van der Waals surface area contributed by atoms with Gasteiger partial charge in [-0.15, -0.1) is 35.3 Å². The van der Waals surface area contributed by atoms with Gasteiger partial charge in [-0.05, 0) is 38.8 Å². The second-order valence-electron chi connectivity index (χ2n) is 8.11.